The topological polar surface area (TPSA) is 44.0 Å². The zero-order valence-electron chi connectivity index (χ0n) is 12.5. The molecular formula is C15H28N4. The molecule has 19 heavy (non-hydrogen) atoms. The van der Waals surface area contributed by atoms with Gasteiger partial charge in [-0.3, -0.25) is 4.90 Å². The van der Waals surface area contributed by atoms with E-state index in [1.807, 2.05) is 12.4 Å². The van der Waals surface area contributed by atoms with Gasteiger partial charge in [0.1, 0.15) is 5.82 Å². The van der Waals surface area contributed by atoms with Crippen molar-refractivity contribution in [2.24, 2.45) is 11.8 Å². The molecular weight excluding hydrogens is 236 g/mol. The van der Waals surface area contributed by atoms with Crippen molar-refractivity contribution in [3.63, 3.8) is 0 Å². The number of likely N-dealkylation sites (tertiary alicyclic amines) is 1. The van der Waals surface area contributed by atoms with Crippen LogP contribution in [0.4, 0.5) is 0 Å². The highest BCUT2D eigenvalue weighted by Gasteiger charge is 2.25. The lowest BCUT2D eigenvalue weighted by Gasteiger charge is -2.39. The standard InChI is InChI=1S/C15H28N4/c1-12(2)14(19-8-4-13(3)5-9-19)10-16-11-15-17-6-7-18-15/h6-7,12-14,16H,4-5,8-11H2,1-3H3,(H,17,18). The summed E-state index contributed by atoms with van der Waals surface area (Å²) in [6, 6.07) is 0.641. The van der Waals surface area contributed by atoms with Gasteiger partial charge in [0, 0.05) is 25.0 Å². The molecule has 4 heteroatoms. The molecule has 4 nitrogen and oxygen atoms in total. The molecule has 0 amide bonds. The average molecular weight is 264 g/mol. The van der Waals surface area contributed by atoms with Crippen molar-refractivity contribution >= 4 is 0 Å². The van der Waals surface area contributed by atoms with Gasteiger partial charge in [0.05, 0.1) is 6.54 Å². The highest BCUT2D eigenvalue weighted by atomic mass is 15.2. The van der Waals surface area contributed by atoms with Gasteiger partial charge in [-0.15, -0.1) is 0 Å². The number of hydrogen-bond donors (Lipinski definition) is 2. The van der Waals surface area contributed by atoms with Crippen molar-refractivity contribution in [1.82, 2.24) is 20.2 Å². The van der Waals surface area contributed by atoms with Gasteiger partial charge in [-0.25, -0.2) is 4.98 Å². The maximum Gasteiger partial charge on any atom is 0.120 e. The Bertz CT molecular complexity index is 339. The molecule has 1 unspecified atom stereocenters. The van der Waals surface area contributed by atoms with E-state index in [-0.39, 0.29) is 0 Å². The molecule has 0 radical (unpaired) electrons. The van der Waals surface area contributed by atoms with Crippen LogP contribution in [0, 0.1) is 11.8 Å². The third kappa shape index (κ3) is 4.32. The molecule has 1 aromatic rings. The van der Waals surface area contributed by atoms with Crippen LogP contribution in [0.25, 0.3) is 0 Å². The molecule has 1 fully saturated rings. The fraction of sp³-hybridized carbons (Fsp3) is 0.800. The first-order valence-corrected chi connectivity index (χ1v) is 7.60. The quantitative estimate of drug-likeness (QED) is 0.828. The van der Waals surface area contributed by atoms with E-state index in [1.54, 1.807) is 0 Å². The highest BCUT2D eigenvalue weighted by Crippen LogP contribution is 2.21. The maximum atomic E-state index is 4.25. The number of aromatic nitrogens is 2. The SMILES string of the molecule is CC1CCN(C(CNCc2ncc[nH]2)C(C)C)CC1. The molecule has 0 spiro atoms. The summed E-state index contributed by atoms with van der Waals surface area (Å²) in [7, 11) is 0. The summed E-state index contributed by atoms with van der Waals surface area (Å²) < 4.78 is 0. The average Bonchev–Trinajstić information content (AvgIpc) is 2.89. The first kappa shape index (κ1) is 14.5. The first-order chi connectivity index (χ1) is 9.16. The number of imidazole rings is 1. The van der Waals surface area contributed by atoms with Gasteiger partial charge in [-0.1, -0.05) is 20.8 Å². The number of piperidine rings is 1. The Morgan fingerprint density at radius 2 is 2.16 bits per heavy atom. The highest BCUT2D eigenvalue weighted by molar-refractivity contribution is 4.87. The second-order valence-electron chi connectivity index (χ2n) is 6.20. The Labute approximate surface area is 117 Å². The van der Waals surface area contributed by atoms with E-state index >= 15 is 0 Å². The number of nitrogens with zero attached hydrogens (tertiary/aromatic N) is 2. The van der Waals surface area contributed by atoms with Gasteiger partial charge in [0.15, 0.2) is 0 Å². The van der Waals surface area contributed by atoms with Gasteiger partial charge < -0.3 is 10.3 Å². The molecule has 0 bridgehead atoms. The lowest BCUT2D eigenvalue weighted by molar-refractivity contribution is 0.106. The Hall–Kier alpha value is -0.870. The van der Waals surface area contributed by atoms with Crippen LogP contribution in [0.15, 0.2) is 12.4 Å². The molecule has 1 aromatic heterocycles. The minimum Gasteiger partial charge on any atom is -0.348 e. The largest absolute Gasteiger partial charge is 0.348 e. The third-order valence-corrected chi connectivity index (χ3v) is 4.26. The minimum atomic E-state index is 0.641. The Kier molecular flexibility index (Phi) is 5.40. The Balaban J connectivity index is 1.79. The van der Waals surface area contributed by atoms with E-state index in [9.17, 15) is 0 Å². The monoisotopic (exact) mass is 264 g/mol. The molecule has 0 aliphatic carbocycles. The fourth-order valence-corrected chi connectivity index (χ4v) is 2.88. The van der Waals surface area contributed by atoms with Crippen LogP contribution in [0.2, 0.25) is 0 Å². The molecule has 2 N–H and O–H groups in total. The van der Waals surface area contributed by atoms with Crippen LogP contribution in [-0.2, 0) is 6.54 Å². The van der Waals surface area contributed by atoms with E-state index in [4.69, 9.17) is 0 Å². The van der Waals surface area contributed by atoms with Crippen molar-refractivity contribution in [3.05, 3.63) is 18.2 Å². The summed E-state index contributed by atoms with van der Waals surface area (Å²) in [5.74, 6) is 2.62. The van der Waals surface area contributed by atoms with Crippen molar-refractivity contribution in [2.75, 3.05) is 19.6 Å². The minimum absolute atomic E-state index is 0.641. The first-order valence-electron chi connectivity index (χ1n) is 7.60. The molecule has 1 atom stereocenters. The number of aromatic amines is 1. The van der Waals surface area contributed by atoms with E-state index in [0.29, 0.717) is 12.0 Å². The van der Waals surface area contributed by atoms with Crippen LogP contribution in [0.1, 0.15) is 39.4 Å². The smallest absolute Gasteiger partial charge is 0.120 e. The van der Waals surface area contributed by atoms with Crippen molar-refractivity contribution in [3.8, 4) is 0 Å². The van der Waals surface area contributed by atoms with Crippen LogP contribution >= 0.6 is 0 Å². The summed E-state index contributed by atoms with van der Waals surface area (Å²) in [4.78, 5) is 10.1. The zero-order valence-corrected chi connectivity index (χ0v) is 12.5. The lowest BCUT2D eigenvalue weighted by atomic mass is 9.94. The molecule has 108 valence electrons. The molecule has 0 aromatic carbocycles. The second kappa shape index (κ2) is 7.06. The van der Waals surface area contributed by atoms with Gasteiger partial charge in [0.25, 0.3) is 0 Å². The molecule has 0 saturated carbocycles. The van der Waals surface area contributed by atoms with Gasteiger partial charge >= 0.3 is 0 Å². The number of H-pyrrole nitrogens is 1. The van der Waals surface area contributed by atoms with Crippen molar-refractivity contribution in [2.45, 2.75) is 46.2 Å². The predicted molar refractivity (Wildman–Crippen MR) is 78.9 cm³/mol. The van der Waals surface area contributed by atoms with Gasteiger partial charge in [-0.2, -0.15) is 0 Å². The second-order valence-corrected chi connectivity index (χ2v) is 6.20. The van der Waals surface area contributed by atoms with Crippen molar-refractivity contribution in [1.29, 1.82) is 0 Å². The summed E-state index contributed by atoms with van der Waals surface area (Å²) in [5, 5.41) is 3.54. The molecule has 1 aliphatic heterocycles. The van der Waals surface area contributed by atoms with Crippen molar-refractivity contribution < 1.29 is 0 Å². The van der Waals surface area contributed by atoms with Gasteiger partial charge in [-0.05, 0) is 37.8 Å². The molecule has 1 saturated heterocycles. The predicted octanol–water partition coefficient (Wildman–Crippen LogP) is 2.26. The van der Waals surface area contributed by atoms with E-state index < -0.39 is 0 Å². The normalized spacial score (nSPS) is 20.0. The summed E-state index contributed by atoms with van der Waals surface area (Å²) in [6.07, 6.45) is 6.38. The van der Waals surface area contributed by atoms with E-state index in [0.717, 1.165) is 24.8 Å². The lowest BCUT2D eigenvalue weighted by Crippen LogP contribution is -2.48. The van der Waals surface area contributed by atoms with E-state index in [2.05, 4.69) is 41.0 Å². The third-order valence-electron chi connectivity index (χ3n) is 4.26. The van der Waals surface area contributed by atoms with Crippen LogP contribution in [0.3, 0.4) is 0 Å². The zero-order chi connectivity index (χ0) is 13.7. The Morgan fingerprint density at radius 1 is 1.42 bits per heavy atom. The Morgan fingerprint density at radius 3 is 2.74 bits per heavy atom. The fourth-order valence-electron chi connectivity index (χ4n) is 2.88. The van der Waals surface area contributed by atoms with E-state index in [1.165, 1.54) is 25.9 Å². The van der Waals surface area contributed by atoms with Crippen LogP contribution in [0.5, 0.6) is 0 Å². The molecule has 1 aliphatic rings. The molecule has 2 rings (SSSR count). The molecule has 2 heterocycles. The summed E-state index contributed by atoms with van der Waals surface area (Å²) in [5.41, 5.74) is 0. The number of rotatable bonds is 6. The number of hydrogen-bond acceptors (Lipinski definition) is 3. The van der Waals surface area contributed by atoms with Gasteiger partial charge in [0.2, 0.25) is 0 Å². The summed E-state index contributed by atoms with van der Waals surface area (Å²) >= 11 is 0. The number of nitrogens with one attached hydrogen (secondary N) is 2. The van der Waals surface area contributed by atoms with Crippen LogP contribution in [-0.4, -0.2) is 40.5 Å². The maximum absolute atomic E-state index is 4.25. The van der Waals surface area contributed by atoms with Crippen LogP contribution < -0.4 is 5.32 Å². The summed E-state index contributed by atoms with van der Waals surface area (Å²) in [6.45, 7) is 11.4.